The highest BCUT2D eigenvalue weighted by Gasteiger charge is 2.17. The summed E-state index contributed by atoms with van der Waals surface area (Å²) in [7, 11) is 0. The third-order valence-corrected chi connectivity index (χ3v) is 5.25. The van der Waals surface area contributed by atoms with Crippen molar-refractivity contribution in [1.82, 2.24) is 20.1 Å². The lowest BCUT2D eigenvalue weighted by Gasteiger charge is -2.18. The SMILES string of the molecule is CCCN(Cc1nnc(-c2ccco2)o1)C(=O)/C=C/c1csc(-c2ccc(F)cc2)n1. The van der Waals surface area contributed by atoms with Gasteiger partial charge in [0.1, 0.15) is 10.8 Å². The minimum absolute atomic E-state index is 0.184. The summed E-state index contributed by atoms with van der Waals surface area (Å²) in [5.74, 6) is 0.604. The molecule has 4 rings (SSSR count). The molecule has 4 aromatic rings. The first-order valence-corrected chi connectivity index (χ1v) is 10.5. The smallest absolute Gasteiger partial charge is 0.283 e. The fourth-order valence-corrected chi connectivity index (χ4v) is 3.66. The summed E-state index contributed by atoms with van der Waals surface area (Å²) in [5, 5.41) is 10.6. The molecule has 0 N–H and O–H groups in total. The van der Waals surface area contributed by atoms with Gasteiger partial charge in [-0.2, -0.15) is 0 Å². The van der Waals surface area contributed by atoms with Gasteiger partial charge in [0, 0.05) is 23.6 Å². The van der Waals surface area contributed by atoms with Crippen LogP contribution in [0.15, 0.2) is 63.0 Å². The van der Waals surface area contributed by atoms with E-state index >= 15 is 0 Å². The second kappa shape index (κ2) is 9.48. The van der Waals surface area contributed by atoms with E-state index in [1.807, 2.05) is 12.3 Å². The third kappa shape index (κ3) is 5.13. The number of furan rings is 1. The Balaban J connectivity index is 1.42. The Bertz CT molecular complexity index is 1170. The van der Waals surface area contributed by atoms with Crippen molar-refractivity contribution < 1.29 is 18.0 Å². The molecule has 0 unspecified atom stereocenters. The second-order valence-corrected chi connectivity index (χ2v) is 7.51. The summed E-state index contributed by atoms with van der Waals surface area (Å²) < 4.78 is 23.9. The number of carbonyl (C=O) groups is 1. The van der Waals surface area contributed by atoms with Crippen molar-refractivity contribution in [1.29, 1.82) is 0 Å². The van der Waals surface area contributed by atoms with Crippen molar-refractivity contribution in [3.05, 3.63) is 71.5 Å². The number of aromatic nitrogens is 3. The van der Waals surface area contributed by atoms with Crippen molar-refractivity contribution in [2.45, 2.75) is 19.9 Å². The van der Waals surface area contributed by atoms with E-state index < -0.39 is 0 Å². The van der Waals surface area contributed by atoms with Crippen LogP contribution in [0.4, 0.5) is 4.39 Å². The molecule has 0 spiro atoms. The lowest BCUT2D eigenvalue weighted by atomic mass is 10.2. The Morgan fingerprint density at radius 2 is 2.06 bits per heavy atom. The first kappa shape index (κ1) is 20.7. The number of carbonyl (C=O) groups excluding carboxylic acids is 1. The molecule has 0 atom stereocenters. The molecule has 31 heavy (non-hydrogen) atoms. The Morgan fingerprint density at radius 1 is 1.23 bits per heavy atom. The highest BCUT2D eigenvalue weighted by molar-refractivity contribution is 7.13. The van der Waals surface area contributed by atoms with Crippen LogP contribution in [0.3, 0.4) is 0 Å². The molecule has 1 amide bonds. The minimum atomic E-state index is -0.292. The van der Waals surface area contributed by atoms with E-state index in [0.717, 1.165) is 17.0 Å². The number of benzene rings is 1. The van der Waals surface area contributed by atoms with E-state index in [0.29, 0.717) is 23.9 Å². The number of nitrogens with zero attached hydrogens (tertiary/aromatic N) is 4. The summed E-state index contributed by atoms with van der Waals surface area (Å²) >= 11 is 1.43. The Morgan fingerprint density at radius 3 is 2.81 bits per heavy atom. The molecule has 3 aromatic heterocycles. The number of hydrogen-bond acceptors (Lipinski definition) is 7. The van der Waals surface area contributed by atoms with Crippen LogP contribution >= 0.6 is 11.3 Å². The molecule has 0 radical (unpaired) electrons. The molecule has 0 bridgehead atoms. The second-order valence-electron chi connectivity index (χ2n) is 6.66. The third-order valence-electron chi connectivity index (χ3n) is 4.34. The molecule has 9 heteroatoms. The van der Waals surface area contributed by atoms with E-state index in [1.165, 1.54) is 35.8 Å². The molecule has 3 heterocycles. The molecule has 0 aliphatic heterocycles. The van der Waals surface area contributed by atoms with Crippen molar-refractivity contribution in [2.75, 3.05) is 6.54 Å². The van der Waals surface area contributed by atoms with Gasteiger partial charge in [-0.25, -0.2) is 9.37 Å². The number of halogens is 1. The lowest BCUT2D eigenvalue weighted by molar-refractivity contribution is -0.126. The van der Waals surface area contributed by atoms with Gasteiger partial charge in [0.15, 0.2) is 5.76 Å². The summed E-state index contributed by atoms with van der Waals surface area (Å²) in [5.41, 5.74) is 1.49. The molecule has 0 aliphatic rings. The van der Waals surface area contributed by atoms with Crippen LogP contribution in [-0.2, 0) is 11.3 Å². The van der Waals surface area contributed by atoms with Gasteiger partial charge < -0.3 is 13.7 Å². The predicted molar refractivity (Wildman–Crippen MR) is 114 cm³/mol. The van der Waals surface area contributed by atoms with Gasteiger partial charge in [-0.1, -0.05) is 6.92 Å². The zero-order valence-corrected chi connectivity index (χ0v) is 17.5. The van der Waals surface area contributed by atoms with Gasteiger partial charge in [-0.15, -0.1) is 21.5 Å². The molecular formula is C22H19FN4O3S. The van der Waals surface area contributed by atoms with E-state index in [1.54, 1.807) is 35.2 Å². The molecule has 0 saturated carbocycles. The van der Waals surface area contributed by atoms with Crippen molar-refractivity contribution in [3.8, 4) is 22.2 Å². The number of rotatable bonds is 8. The zero-order valence-electron chi connectivity index (χ0n) is 16.7. The predicted octanol–water partition coefficient (Wildman–Crippen LogP) is 5.04. The lowest BCUT2D eigenvalue weighted by Crippen LogP contribution is -2.29. The fourth-order valence-electron chi connectivity index (χ4n) is 2.87. The van der Waals surface area contributed by atoms with Crippen LogP contribution in [0.1, 0.15) is 24.9 Å². The fraction of sp³-hybridized carbons (Fsp3) is 0.182. The first-order chi connectivity index (χ1) is 15.1. The molecular weight excluding hydrogens is 419 g/mol. The molecule has 0 fully saturated rings. The topological polar surface area (TPSA) is 85.3 Å². The van der Waals surface area contributed by atoms with Crippen LogP contribution in [0, 0.1) is 5.82 Å². The normalized spacial score (nSPS) is 11.3. The van der Waals surface area contributed by atoms with Gasteiger partial charge >= 0.3 is 0 Å². The first-order valence-electron chi connectivity index (χ1n) is 9.67. The maximum Gasteiger partial charge on any atom is 0.283 e. The van der Waals surface area contributed by atoms with Crippen LogP contribution in [0.5, 0.6) is 0 Å². The van der Waals surface area contributed by atoms with Crippen LogP contribution in [0.25, 0.3) is 28.3 Å². The van der Waals surface area contributed by atoms with Gasteiger partial charge in [0.25, 0.3) is 5.89 Å². The number of hydrogen-bond donors (Lipinski definition) is 0. The van der Waals surface area contributed by atoms with E-state index in [2.05, 4.69) is 15.2 Å². The highest BCUT2D eigenvalue weighted by atomic mass is 32.1. The van der Waals surface area contributed by atoms with Crippen LogP contribution in [-0.4, -0.2) is 32.5 Å². The minimum Gasteiger partial charge on any atom is -0.459 e. The van der Waals surface area contributed by atoms with Crippen molar-refractivity contribution in [3.63, 3.8) is 0 Å². The largest absolute Gasteiger partial charge is 0.459 e. The van der Waals surface area contributed by atoms with E-state index in [9.17, 15) is 9.18 Å². The van der Waals surface area contributed by atoms with Crippen LogP contribution < -0.4 is 0 Å². The van der Waals surface area contributed by atoms with Crippen molar-refractivity contribution >= 4 is 23.3 Å². The average molecular weight is 438 g/mol. The Labute approximate surface area is 181 Å². The van der Waals surface area contributed by atoms with Gasteiger partial charge in [0.2, 0.25) is 11.8 Å². The maximum atomic E-state index is 13.1. The van der Waals surface area contributed by atoms with E-state index in [-0.39, 0.29) is 24.2 Å². The number of amides is 1. The zero-order chi connectivity index (χ0) is 21.6. The summed E-state index contributed by atoms with van der Waals surface area (Å²) in [4.78, 5) is 18.8. The summed E-state index contributed by atoms with van der Waals surface area (Å²) in [6, 6.07) is 9.61. The van der Waals surface area contributed by atoms with Gasteiger partial charge in [-0.05, 0) is 48.9 Å². The number of thiazole rings is 1. The monoisotopic (exact) mass is 438 g/mol. The summed E-state index contributed by atoms with van der Waals surface area (Å²) in [6.45, 7) is 2.73. The van der Waals surface area contributed by atoms with Gasteiger partial charge in [-0.3, -0.25) is 4.79 Å². The standard InChI is InChI=1S/C22H19FN4O3S/c1-2-11-27(13-19-25-26-21(30-19)18-4-3-12-29-18)20(28)10-9-17-14-31-22(24-17)15-5-7-16(23)8-6-15/h3-10,12,14H,2,11,13H2,1H3/b10-9+. The molecule has 0 aliphatic carbocycles. The van der Waals surface area contributed by atoms with Crippen LogP contribution in [0.2, 0.25) is 0 Å². The molecule has 158 valence electrons. The quantitative estimate of drug-likeness (QED) is 0.358. The van der Waals surface area contributed by atoms with Gasteiger partial charge in [0.05, 0.1) is 18.5 Å². The van der Waals surface area contributed by atoms with E-state index in [4.69, 9.17) is 8.83 Å². The molecule has 0 saturated heterocycles. The highest BCUT2D eigenvalue weighted by Crippen LogP contribution is 2.24. The molecule has 1 aromatic carbocycles. The Kier molecular flexibility index (Phi) is 6.32. The maximum absolute atomic E-state index is 13.1. The van der Waals surface area contributed by atoms with Crippen molar-refractivity contribution in [2.24, 2.45) is 0 Å². The molecule has 7 nitrogen and oxygen atoms in total. The summed E-state index contributed by atoms with van der Waals surface area (Å²) in [6.07, 6.45) is 5.45. The Hall–Kier alpha value is -3.59. The average Bonchev–Trinajstić information content (AvgIpc) is 3.53.